The summed E-state index contributed by atoms with van der Waals surface area (Å²) >= 11 is 0. The minimum Gasteiger partial charge on any atom is -0.342 e. The lowest BCUT2D eigenvalue weighted by molar-refractivity contribution is 0.0791. The van der Waals surface area contributed by atoms with Gasteiger partial charge in [0.15, 0.2) is 0 Å². The van der Waals surface area contributed by atoms with Gasteiger partial charge in [-0.15, -0.1) is 0 Å². The predicted molar refractivity (Wildman–Crippen MR) is 134 cm³/mol. The van der Waals surface area contributed by atoms with Gasteiger partial charge in [0.05, 0.1) is 4.90 Å². The van der Waals surface area contributed by atoms with Gasteiger partial charge in [0.2, 0.25) is 10.0 Å². The molecule has 0 radical (unpaired) electrons. The SMILES string of the molecule is CC1CCCCN1S(=O)(=O)c1cccc(C(=O)N(C)CCCC2CC(c3ccccc3)NN2)c1. The molecule has 2 aromatic rings. The van der Waals surface area contributed by atoms with Crippen molar-refractivity contribution in [3.8, 4) is 0 Å². The molecule has 0 spiro atoms. The average molecular weight is 485 g/mol. The van der Waals surface area contributed by atoms with Crippen LogP contribution in [0, 0.1) is 0 Å². The molecule has 2 heterocycles. The van der Waals surface area contributed by atoms with Gasteiger partial charge in [-0.1, -0.05) is 42.8 Å². The van der Waals surface area contributed by atoms with E-state index in [1.165, 1.54) is 11.6 Å². The van der Waals surface area contributed by atoms with Crippen LogP contribution in [-0.2, 0) is 10.0 Å². The van der Waals surface area contributed by atoms with Gasteiger partial charge in [-0.2, -0.15) is 4.31 Å². The van der Waals surface area contributed by atoms with Gasteiger partial charge in [-0.3, -0.25) is 15.6 Å². The first kappa shape index (κ1) is 24.9. The van der Waals surface area contributed by atoms with E-state index in [0.717, 1.165) is 38.5 Å². The van der Waals surface area contributed by atoms with Crippen LogP contribution in [0.3, 0.4) is 0 Å². The number of hydrogen-bond donors (Lipinski definition) is 2. The molecule has 3 unspecified atom stereocenters. The summed E-state index contributed by atoms with van der Waals surface area (Å²) in [6.07, 6.45) is 5.63. The molecule has 2 N–H and O–H groups in total. The molecule has 4 rings (SSSR count). The Hall–Kier alpha value is -2.26. The number of hydrogen-bond acceptors (Lipinski definition) is 5. The average Bonchev–Trinajstić information content (AvgIpc) is 3.33. The van der Waals surface area contributed by atoms with Crippen LogP contribution in [-0.4, -0.2) is 55.8 Å². The molecule has 2 saturated heterocycles. The molecule has 184 valence electrons. The summed E-state index contributed by atoms with van der Waals surface area (Å²) < 4.78 is 27.9. The molecule has 7 nitrogen and oxygen atoms in total. The monoisotopic (exact) mass is 484 g/mol. The molecule has 0 bridgehead atoms. The largest absolute Gasteiger partial charge is 0.342 e. The zero-order chi connectivity index (χ0) is 24.1. The molecule has 0 aromatic heterocycles. The smallest absolute Gasteiger partial charge is 0.253 e. The molecule has 2 aliphatic heterocycles. The number of benzene rings is 2. The van der Waals surface area contributed by atoms with E-state index in [1.807, 2.05) is 13.0 Å². The van der Waals surface area contributed by atoms with Gasteiger partial charge >= 0.3 is 0 Å². The van der Waals surface area contributed by atoms with E-state index in [9.17, 15) is 13.2 Å². The fraction of sp³-hybridized carbons (Fsp3) is 0.500. The van der Waals surface area contributed by atoms with Gasteiger partial charge in [-0.05, 0) is 62.8 Å². The second kappa shape index (κ2) is 11.0. The highest BCUT2D eigenvalue weighted by molar-refractivity contribution is 7.89. The van der Waals surface area contributed by atoms with Crippen LogP contribution < -0.4 is 10.9 Å². The standard InChI is InChI=1S/C26H36N4O3S/c1-20-10-6-7-17-30(20)34(32,33)24-15-8-13-22(18-24)26(31)29(2)16-9-14-23-19-25(28-27-23)21-11-4-3-5-12-21/h3-5,8,11-13,15,18,20,23,25,27-28H,6-7,9-10,14,16-17,19H2,1-2H3. The van der Waals surface area contributed by atoms with Gasteiger partial charge in [0.1, 0.15) is 0 Å². The van der Waals surface area contributed by atoms with Gasteiger partial charge in [0, 0.05) is 43.8 Å². The summed E-state index contributed by atoms with van der Waals surface area (Å²) in [5.41, 5.74) is 8.43. The van der Waals surface area contributed by atoms with Crippen molar-refractivity contribution in [2.24, 2.45) is 0 Å². The van der Waals surface area contributed by atoms with Crippen LogP contribution in [0.15, 0.2) is 59.5 Å². The van der Waals surface area contributed by atoms with E-state index in [1.54, 1.807) is 34.5 Å². The third kappa shape index (κ3) is 5.68. The Labute approximate surface area is 203 Å². The van der Waals surface area contributed by atoms with Crippen molar-refractivity contribution >= 4 is 15.9 Å². The first-order valence-corrected chi connectivity index (χ1v) is 13.7. The predicted octanol–water partition coefficient (Wildman–Crippen LogP) is 3.71. The Morgan fingerprint density at radius 2 is 1.88 bits per heavy atom. The highest BCUT2D eigenvalue weighted by Crippen LogP contribution is 2.26. The Balaban J connectivity index is 1.31. The topological polar surface area (TPSA) is 81.8 Å². The zero-order valence-corrected chi connectivity index (χ0v) is 20.9. The molecule has 2 aromatic carbocycles. The lowest BCUT2D eigenvalue weighted by atomic mass is 10.00. The summed E-state index contributed by atoms with van der Waals surface area (Å²) in [7, 11) is -1.82. The summed E-state index contributed by atoms with van der Waals surface area (Å²) in [6, 6.07) is 17.5. The zero-order valence-electron chi connectivity index (χ0n) is 20.1. The summed E-state index contributed by atoms with van der Waals surface area (Å²) in [5.74, 6) is -0.150. The fourth-order valence-electron chi connectivity index (χ4n) is 4.97. The Morgan fingerprint density at radius 3 is 2.65 bits per heavy atom. The van der Waals surface area contributed by atoms with Gasteiger partial charge in [0.25, 0.3) is 5.91 Å². The Kier molecular flexibility index (Phi) is 8.03. The summed E-state index contributed by atoms with van der Waals surface area (Å²) in [4.78, 5) is 14.9. The third-order valence-electron chi connectivity index (χ3n) is 7.01. The maximum absolute atomic E-state index is 13.2. The molecule has 34 heavy (non-hydrogen) atoms. The van der Waals surface area contributed by atoms with Crippen molar-refractivity contribution in [2.45, 2.75) is 68.5 Å². The number of carbonyl (C=O) groups excluding carboxylic acids is 1. The number of piperidine rings is 1. The van der Waals surface area contributed by atoms with Crippen LogP contribution in [0.5, 0.6) is 0 Å². The molecular formula is C26H36N4O3S. The van der Waals surface area contributed by atoms with E-state index < -0.39 is 10.0 Å². The number of nitrogens with zero attached hydrogens (tertiary/aromatic N) is 2. The molecule has 0 aliphatic carbocycles. The molecule has 2 aliphatic rings. The molecule has 8 heteroatoms. The first-order valence-electron chi connectivity index (χ1n) is 12.3. The number of carbonyl (C=O) groups is 1. The van der Waals surface area contributed by atoms with E-state index in [-0.39, 0.29) is 16.8 Å². The normalized spacial score (nSPS) is 23.6. The van der Waals surface area contributed by atoms with Crippen molar-refractivity contribution in [3.63, 3.8) is 0 Å². The summed E-state index contributed by atoms with van der Waals surface area (Å²) in [6.45, 7) is 3.11. The molecule has 2 fully saturated rings. The number of nitrogens with one attached hydrogen (secondary N) is 2. The van der Waals surface area contributed by atoms with Crippen molar-refractivity contribution in [1.29, 1.82) is 0 Å². The van der Waals surface area contributed by atoms with E-state index >= 15 is 0 Å². The molecular weight excluding hydrogens is 448 g/mol. The highest BCUT2D eigenvalue weighted by atomic mass is 32.2. The number of rotatable bonds is 8. The van der Waals surface area contributed by atoms with E-state index in [0.29, 0.717) is 30.7 Å². The number of hydrazine groups is 1. The fourth-order valence-corrected chi connectivity index (χ4v) is 6.71. The summed E-state index contributed by atoms with van der Waals surface area (Å²) in [5, 5.41) is 0. The van der Waals surface area contributed by atoms with Crippen LogP contribution in [0.4, 0.5) is 0 Å². The third-order valence-corrected chi connectivity index (χ3v) is 9.02. The highest BCUT2D eigenvalue weighted by Gasteiger charge is 2.31. The first-order chi connectivity index (χ1) is 16.4. The van der Waals surface area contributed by atoms with E-state index in [4.69, 9.17) is 0 Å². The second-order valence-electron chi connectivity index (χ2n) is 9.54. The van der Waals surface area contributed by atoms with Crippen molar-refractivity contribution < 1.29 is 13.2 Å². The lowest BCUT2D eigenvalue weighted by Crippen LogP contribution is -2.42. The molecule has 1 amide bonds. The van der Waals surface area contributed by atoms with Crippen LogP contribution in [0.2, 0.25) is 0 Å². The van der Waals surface area contributed by atoms with E-state index in [2.05, 4.69) is 35.1 Å². The van der Waals surface area contributed by atoms with Gasteiger partial charge < -0.3 is 4.90 Å². The maximum Gasteiger partial charge on any atom is 0.253 e. The Morgan fingerprint density at radius 1 is 1.09 bits per heavy atom. The number of amides is 1. The number of sulfonamides is 1. The molecule has 3 atom stereocenters. The minimum absolute atomic E-state index is 0.0130. The van der Waals surface area contributed by atoms with Crippen molar-refractivity contribution in [1.82, 2.24) is 20.1 Å². The van der Waals surface area contributed by atoms with Crippen LogP contribution in [0.1, 0.15) is 67.4 Å². The van der Waals surface area contributed by atoms with Crippen molar-refractivity contribution in [2.75, 3.05) is 20.1 Å². The maximum atomic E-state index is 13.2. The minimum atomic E-state index is -3.60. The molecule has 0 saturated carbocycles. The second-order valence-corrected chi connectivity index (χ2v) is 11.4. The van der Waals surface area contributed by atoms with Gasteiger partial charge in [-0.25, -0.2) is 8.42 Å². The quantitative estimate of drug-likeness (QED) is 0.597. The van der Waals surface area contributed by atoms with Crippen LogP contribution in [0.25, 0.3) is 0 Å². The van der Waals surface area contributed by atoms with Crippen molar-refractivity contribution in [3.05, 3.63) is 65.7 Å². The Bertz CT molecular complexity index is 1080. The lowest BCUT2D eigenvalue weighted by Gasteiger charge is -2.32. The van der Waals surface area contributed by atoms with Crippen LogP contribution >= 0.6 is 0 Å².